The van der Waals surface area contributed by atoms with Gasteiger partial charge < -0.3 is 4.74 Å². The summed E-state index contributed by atoms with van der Waals surface area (Å²) in [7, 11) is 0. The number of ether oxygens (including phenoxy) is 1. The van der Waals surface area contributed by atoms with Crippen molar-refractivity contribution in [1.82, 2.24) is 14.9 Å². The Kier molecular flexibility index (Phi) is 4.69. The van der Waals surface area contributed by atoms with E-state index in [0.29, 0.717) is 6.61 Å². The SMILES string of the molecule is Cc1cncc(C2=CC3CCCC(C2)N3C(=O)OCc2ccccc2)n1. The van der Waals surface area contributed by atoms with Crippen molar-refractivity contribution >= 4 is 11.7 Å². The molecule has 0 saturated carbocycles. The van der Waals surface area contributed by atoms with Crippen LogP contribution in [0.15, 0.2) is 48.8 Å². The molecule has 1 amide bonds. The van der Waals surface area contributed by atoms with Gasteiger partial charge in [-0.3, -0.25) is 14.9 Å². The van der Waals surface area contributed by atoms with Gasteiger partial charge in [0.15, 0.2) is 0 Å². The largest absolute Gasteiger partial charge is 0.445 e. The van der Waals surface area contributed by atoms with Gasteiger partial charge in [0.05, 0.1) is 23.6 Å². The van der Waals surface area contributed by atoms with Crippen LogP contribution >= 0.6 is 0 Å². The molecular formula is C21H23N3O2. The van der Waals surface area contributed by atoms with Gasteiger partial charge in [0.25, 0.3) is 0 Å². The Morgan fingerprint density at radius 3 is 2.85 bits per heavy atom. The van der Waals surface area contributed by atoms with Gasteiger partial charge in [0.1, 0.15) is 6.61 Å². The summed E-state index contributed by atoms with van der Waals surface area (Å²) in [6, 6.07) is 10.1. The average molecular weight is 349 g/mol. The Balaban J connectivity index is 1.50. The molecule has 2 atom stereocenters. The third-order valence-corrected chi connectivity index (χ3v) is 5.14. The van der Waals surface area contributed by atoms with Crippen LogP contribution in [0.5, 0.6) is 0 Å². The second kappa shape index (κ2) is 7.28. The van der Waals surface area contributed by atoms with Gasteiger partial charge in [-0.25, -0.2) is 4.79 Å². The summed E-state index contributed by atoms with van der Waals surface area (Å²) in [6.07, 6.45) is 9.49. The molecule has 26 heavy (non-hydrogen) atoms. The number of nitrogens with zero attached hydrogens (tertiary/aromatic N) is 3. The maximum absolute atomic E-state index is 12.7. The highest BCUT2D eigenvalue weighted by Crippen LogP contribution is 2.37. The Morgan fingerprint density at radius 1 is 1.23 bits per heavy atom. The summed E-state index contributed by atoms with van der Waals surface area (Å²) in [6.45, 7) is 2.27. The number of fused-ring (bicyclic) bond motifs is 2. The first-order valence-corrected chi connectivity index (χ1v) is 9.19. The number of hydrogen-bond donors (Lipinski definition) is 0. The minimum absolute atomic E-state index is 0.0862. The van der Waals surface area contributed by atoms with Crippen LogP contribution in [0.1, 0.15) is 42.6 Å². The van der Waals surface area contributed by atoms with Gasteiger partial charge in [-0.1, -0.05) is 36.4 Å². The molecule has 1 saturated heterocycles. The number of carbonyl (C=O) groups is 1. The van der Waals surface area contributed by atoms with Crippen LogP contribution in [-0.2, 0) is 11.3 Å². The molecule has 2 aliphatic heterocycles. The monoisotopic (exact) mass is 349 g/mol. The zero-order valence-electron chi connectivity index (χ0n) is 15.0. The van der Waals surface area contributed by atoms with E-state index < -0.39 is 0 Å². The van der Waals surface area contributed by atoms with Crippen LogP contribution in [0, 0.1) is 6.92 Å². The summed E-state index contributed by atoms with van der Waals surface area (Å²) in [4.78, 5) is 23.5. The number of benzene rings is 1. The summed E-state index contributed by atoms with van der Waals surface area (Å²) in [5.74, 6) is 0. The molecule has 2 aliphatic rings. The Bertz CT molecular complexity index is 819. The summed E-state index contributed by atoms with van der Waals surface area (Å²) >= 11 is 0. The predicted octanol–water partition coefficient (Wildman–Crippen LogP) is 4.13. The molecule has 0 N–H and O–H groups in total. The van der Waals surface area contributed by atoms with Crippen LogP contribution in [-0.4, -0.2) is 33.0 Å². The molecule has 1 aromatic carbocycles. The lowest BCUT2D eigenvalue weighted by molar-refractivity contribution is 0.0510. The van der Waals surface area contributed by atoms with Crippen molar-refractivity contribution in [2.75, 3.05) is 0 Å². The fourth-order valence-corrected chi connectivity index (χ4v) is 3.92. The van der Waals surface area contributed by atoms with Crippen molar-refractivity contribution < 1.29 is 9.53 Å². The van der Waals surface area contributed by atoms with E-state index in [0.717, 1.165) is 42.6 Å². The van der Waals surface area contributed by atoms with E-state index in [9.17, 15) is 4.79 Å². The van der Waals surface area contributed by atoms with Crippen LogP contribution in [0.4, 0.5) is 4.79 Å². The molecule has 0 spiro atoms. The summed E-state index contributed by atoms with van der Waals surface area (Å²) in [5, 5.41) is 0. The normalized spacial score (nSPS) is 21.9. The minimum Gasteiger partial charge on any atom is -0.445 e. The zero-order valence-corrected chi connectivity index (χ0v) is 15.0. The highest BCUT2D eigenvalue weighted by molar-refractivity contribution is 5.73. The number of carbonyl (C=O) groups excluding carboxylic acids is 1. The highest BCUT2D eigenvalue weighted by Gasteiger charge is 2.38. The second-order valence-corrected chi connectivity index (χ2v) is 7.04. The number of hydrogen-bond acceptors (Lipinski definition) is 4. The molecule has 134 valence electrons. The van der Waals surface area contributed by atoms with Crippen molar-refractivity contribution in [1.29, 1.82) is 0 Å². The van der Waals surface area contributed by atoms with Gasteiger partial charge in [0.2, 0.25) is 0 Å². The zero-order chi connectivity index (χ0) is 17.9. The Labute approximate surface area is 153 Å². The number of aryl methyl sites for hydroxylation is 1. The standard InChI is InChI=1S/C21H23N3O2/c1-15-12-22-13-20(23-15)17-10-18-8-5-9-19(11-17)24(18)21(25)26-14-16-6-3-2-4-7-16/h2-4,6-7,10,12-13,18-19H,5,8-9,11,14H2,1H3. The topological polar surface area (TPSA) is 55.3 Å². The lowest BCUT2D eigenvalue weighted by atomic mass is 9.84. The van der Waals surface area contributed by atoms with Gasteiger partial charge >= 0.3 is 6.09 Å². The molecule has 1 fully saturated rings. The van der Waals surface area contributed by atoms with Crippen LogP contribution < -0.4 is 0 Å². The van der Waals surface area contributed by atoms with E-state index in [1.54, 1.807) is 6.20 Å². The maximum Gasteiger partial charge on any atom is 0.410 e. The third kappa shape index (κ3) is 3.47. The Morgan fingerprint density at radius 2 is 2.08 bits per heavy atom. The first kappa shape index (κ1) is 16.8. The van der Waals surface area contributed by atoms with Crippen molar-refractivity contribution in [2.24, 2.45) is 0 Å². The van der Waals surface area contributed by atoms with Crippen molar-refractivity contribution in [2.45, 2.75) is 51.3 Å². The fourth-order valence-electron chi connectivity index (χ4n) is 3.92. The molecule has 0 radical (unpaired) electrons. The van der Waals surface area contributed by atoms with Crippen LogP contribution in [0.3, 0.4) is 0 Å². The van der Waals surface area contributed by atoms with E-state index >= 15 is 0 Å². The molecule has 2 unspecified atom stereocenters. The molecule has 2 bridgehead atoms. The first-order chi connectivity index (χ1) is 12.7. The van der Waals surface area contributed by atoms with Crippen LogP contribution in [0.2, 0.25) is 0 Å². The fraction of sp³-hybridized carbons (Fsp3) is 0.381. The molecule has 3 heterocycles. The number of aromatic nitrogens is 2. The third-order valence-electron chi connectivity index (χ3n) is 5.14. The van der Waals surface area contributed by atoms with Crippen molar-refractivity contribution in [3.05, 3.63) is 65.8 Å². The molecule has 5 nitrogen and oxygen atoms in total. The molecule has 1 aromatic heterocycles. The Hall–Kier alpha value is -2.69. The van der Waals surface area contributed by atoms with Crippen molar-refractivity contribution in [3.63, 3.8) is 0 Å². The highest BCUT2D eigenvalue weighted by atomic mass is 16.6. The number of piperidine rings is 1. The average Bonchev–Trinajstić information content (AvgIpc) is 2.66. The molecule has 2 aromatic rings. The lowest BCUT2D eigenvalue weighted by Gasteiger charge is -2.44. The molecule has 5 heteroatoms. The first-order valence-electron chi connectivity index (χ1n) is 9.19. The van der Waals surface area contributed by atoms with Gasteiger partial charge in [0, 0.05) is 12.2 Å². The van der Waals surface area contributed by atoms with E-state index in [1.165, 1.54) is 5.57 Å². The van der Waals surface area contributed by atoms with Gasteiger partial charge in [-0.15, -0.1) is 0 Å². The lowest BCUT2D eigenvalue weighted by Crippen LogP contribution is -2.51. The number of amides is 1. The van der Waals surface area contributed by atoms with Gasteiger partial charge in [-0.2, -0.15) is 0 Å². The van der Waals surface area contributed by atoms with Crippen molar-refractivity contribution in [3.8, 4) is 0 Å². The summed E-state index contributed by atoms with van der Waals surface area (Å²) < 4.78 is 5.59. The molecular weight excluding hydrogens is 326 g/mol. The molecule has 4 rings (SSSR count). The van der Waals surface area contributed by atoms with E-state index in [-0.39, 0.29) is 18.2 Å². The number of rotatable bonds is 3. The quantitative estimate of drug-likeness (QED) is 0.836. The van der Waals surface area contributed by atoms with Gasteiger partial charge in [-0.05, 0) is 43.7 Å². The van der Waals surface area contributed by atoms with E-state index in [4.69, 9.17) is 4.74 Å². The van der Waals surface area contributed by atoms with E-state index in [1.807, 2.05) is 48.4 Å². The maximum atomic E-state index is 12.7. The smallest absolute Gasteiger partial charge is 0.410 e. The minimum atomic E-state index is -0.214. The predicted molar refractivity (Wildman–Crippen MR) is 99.3 cm³/mol. The molecule has 0 aliphatic carbocycles. The van der Waals surface area contributed by atoms with E-state index in [2.05, 4.69) is 16.0 Å². The summed E-state index contributed by atoms with van der Waals surface area (Å²) in [5.41, 5.74) is 4.05. The van der Waals surface area contributed by atoms with Crippen LogP contribution in [0.25, 0.3) is 5.57 Å². The second-order valence-electron chi connectivity index (χ2n) is 7.04.